The molecular formula is C15H20N3O+. The standard InChI is InChI=1S/C15H20N3O/c1-15(2,3)13-9-19-10-14-16-18(11-17(13)14)12-7-5-4-6-8-12/h4-8,11,13H,9-10H2,1-3H3/q+1/t13-/m1/s1. The molecule has 0 N–H and O–H groups in total. The van der Waals surface area contributed by atoms with E-state index in [1.165, 1.54) is 0 Å². The Morgan fingerprint density at radius 1 is 1.26 bits per heavy atom. The molecular weight excluding hydrogens is 238 g/mol. The normalized spacial score (nSPS) is 19.2. The highest BCUT2D eigenvalue weighted by molar-refractivity contribution is 5.28. The Labute approximate surface area is 113 Å². The summed E-state index contributed by atoms with van der Waals surface area (Å²) in [6.07, 6.45) is 2.09. The van der Waals surface area contributed by atoms with Crippen LogP contribution in [0.4, 0.5) is 0 Å². The van der Waals surface area contributed by atoms with Gasteiger partial charge in [-0.2, -0.15) is 0 Å². The molecule has 4 nitrogen and oxygen atoms in total. The summed E-state index contributed by atoms with van der Waals surface area (Å²) in [7, 11) is 0. The molecule has 0 spiro atoms. The Balaban J connectivity index is 2.03. The molecule has 0 bridgehead atoms. The maximum absolute atomic E-state index is 5.69. The van der Waals surface area contributed by atoms with Gasteiger partial charge in [0.25, 0.3) is 0 Å². The molecule has 19 heavy (non-hydrogen) atoms. The maximum Gasteiger partial charge on any atom is 0.304 e. The summed E-state index contributed by atoms with van der Waals surface area (Å²) in [6.45, 7) is 8.06. The molecule has 100 valence electrons. The minimum atomic E-state index is 0.157. The molecule has 0 amide bonds. The Bertz CT molecular complexity index is 569. The zero-order chi connectivity index (χ0) is 13.5. The number of para-hydroxylation sites is 1. The summed E-state index contributed by atoms with van der Waals surface area (Å²) < 4.78 is 9.88. The third kappa shape index (κ3) is 2.28. The first kappa shape index (κ1) is 12.4. The molecule has 0 fully saturated rings. The maximum atomic E-state index is 5.69. The van der Waals surface area contributed by atoms with Crippen molar-refractivity contribution in [3.8, 4) is 5.69 Å². The molecule has 1 aliphatic rings. The first-order valence-corrected chi connectivity index (χ1v) is 6.68. The van der Waals surface area contributed by atoms with Crippen molar-refractivity contribution >= 4 is 0 Å². The van der Waals surface area contributed by atoms with Gasteiger partial charge in [-0.15, -0.1) is 0 Å². The molecule has 1 aromatic heterocycles. The van der Waals surface area contributed by atoms with E-state index in [9.17, 15) is 0 Å². The fraction of sp³-hybridized carbons (Fsp3) is 0.467. The summed E-state index contributed by atoms with van der Waals surface area (Å²) >= 11 is 0. The van der Waals surface area contributed by atoms with Crippen LogP contribution in [0.3, 0.4) is 0 Å². The second-order valence-electron chi connectivity index (χ2n) is 6.12. The zero-order valence-electron chi connectivity index (χ0n) is 11.7. The number of ether oxygens (including phenoxy) is 1. The van der Waals surface area contributed by atoms with Crippen molar-refractivity contribution in [1.29, 1.82) is 0 Å². The average Bonchev–Trinajstić information content (AvgIpc) is 2.82. The molecule has 4 heteroatoms. The van der Waals surface area contributed by atoms with Gasteiger partial charge in [0.2, 0.25) is 6.33 Å². The summed E-state index contributed by atoms with van der Waals surface area (Å²) in [4.78, 5) is 0. The molecule has 1 aromatic carbocycles. The predicted octanol–water partition coefficient (Wildman–Crippen LogP) is 2.28. The van der Waals surface area contributed by atoms with Crippen LogP contribution in [0, 0.1) is 5.41 Å². The predicted molar refractivity (Wildman–Crippen MR) is 71.9 cm³/mol. The van der Waals surface area contributed by atoms with Crippen molar-refractivity contribution in [2.75, 3.05) is 6.61 Å². The van der Waals surface area contributed by atoms with E-state index >= 15 is 0 Å². The largest absolute Gasteiger partial charge is 0.367 e. The first-order chi connectivity index (χ1) is 9.05. The first-order valence-electron chi connectivity index (χ1n) is 6.68. The Morgan fingerprint density at radius 3 is 2.68 bits per heavy atom. The van der Waals surface area contributed by atoms with Crippen molar-refractivity contribution in [2.24, 2.45) is 5.41 Å². The highest BCUT2D eigenvalue weighted by atomic mass is 16.5. The Hall–Kier alpha value is -1.68. The lowest BCUT2D eigenvalue weighted by atomic mass is 9.86. The van der Waals surface area contributed by atoms with Crippen molar-refractivity contribution in [3.05, 3.63) is 42.5 Å². The van der Waals surface area contributed by atoms with Gasteiger partial charge in [-0.05, 0) is 17.5 Å². The van der Waals surface area contributed by atoms with Crippen LogP contribution in [0.5, 0.6) is 0 Å². The van der Waals surface area contributed by atoms with Crippen molar-refractivity contribution in [1.82, 2.24) is 9.78 Å². The monoisotopic (exact) mass is 258 g/mol. The molecule has 1 atom stereocenters. The van der Waals surface area contributed by atoms with Crippen LogP contribution in [-0.2, 0) is 11.3 Å². The molecule has 0 unspecified atom stereocenters. The molecule has 3 rings (SSSR count). The van der Waals surface area contributed by atoms with E-state index in [0.717, 1.165) is 18.1 Å². The highest BCUT2D eigenvalue weighted by Gasteiger charge is 2.37. The van der Waals surface area contributed by atoms with Gasteiger partial charge in [-0.25, -0.2) is 4.57 Å². The minimum absolute atomic E-state index is 0.157. The number of aromatic nitrogens is 3. The Morgan fingerprint density at radius 2 is 2.00 bits per heavy atom. The third-order valence-electron chi connectivity index (χ3n) is 3.62. The van der Waals surface area contributed by atoms with Gasteiger partial charge in [0.1, 0.15) is 18.3 Å². The number of benzene rings is 1. The molecule has 2 aromatic rings. The number of fused-ring (bicyclic) bond motifs is 1. The van der Waals surface area contributed by atoms with Gasteiger partial charge >= 0.3 is 5.82 Å². The fourth-order valence-corrected chi connectivity index (χ4v) is 2.46. The van der Waals surface area contributed by atoms with Gasteiger partial charge in [-0.3, -0.25) is 0 Å². The van der Waals surface area contributed by atoms with E-state index in [-0.39, 0.29) is 5.41 Å². The van der Waals surface area contributed by atoms with E-state index in [4.69, 9.17) is 4.74 Å². The summed E-state index contributed by atoms with van der Waals surface area (Å²) in [5, 5.41) is 4.64. The SMILES string of the molecule is CC(C)(C)[C@H]1COCc2nn(-c3ccccc3)c[n+]21. The van der Waals surface area contributed by atoms with Gasteiger partial charge in [-0.1, -0.05) is 43.7 Å². The molecule has 1 aliphatic heterocycles. The van der Waals surface area contributed by atoms with Crippen LogP contribution in [0.15, 0.2) is 36.7 Å². The third-order valence-corrected chi connectivity index (χ3v) is 3.62. The van der Waals surface area contributed by atoms with E-state index in [1.807, 2.05) is 22.9 Å². The number of nitrogens with zero attached hydrogens (tertiary/aromatic N) is 3. The highest BCUT2D eigenvalue weighted by Crippen LogP contribution is 2.29. The van der Waals surface area contributed by atoms with Gasteiger partial charge in [0, 0.05) is 5.10 Å². The van der Waals surface area contributed by atoms with Gasteiger partial charge < -0.3 is 4.74 Å². The zero-order valence-corrected chi connectivity index (χ0v) is 11.7. The van der Waals surface area contributed by atoms with Crippen LogP contribution < -0.4 is 4.57 Å². The average molecular weight is 258 g/mol. The second-order valence-corrected chi connectivity index (χ2v) is 6.12. The lowest BCUT2D eigenvalue weighted by Crippen LogP contribution is -2.53. The smallest absolute Gasteiger partial charge is 0.304 e. The quantitative estimate of drug-likeness (QED) is 0.735. The van der Waals surface area contributed by atoms with Crippen LogP contribution in [0.25, 0.3) is 5.69 Å². The second kappa shape index (κ2) is 4.46. The van der Waals surface area contributed by atoms with E-state index in [1.54, 1.807) is 0 Å². The summed E-state index contributed by atoms with van der Waals surface area (Å²) in [6, 6.07) is 10.5. The lowest BCUT2D eigenvalue weighted by Gasteiger charge is -2.31. The van der Waals surface area contributed by atoms with E-state index in [2.05, 4.69) is 48.9 Å². The van der Waals surface area contributed by atoms with Crippen molar-refractivity contribution in [2.45, 2.75) is 33.4 Å². The molecule has 2 heterocycles. The summed E-state index contributed by atoms with van der Waals surface area (Å²) in [5.41, 5.74) is 1.24. The number of hydrogen-bond acceptors (Lipinski definition) is 2. The van der Waals surface area contributed by atoms with Gasteiger partial charge in [0.05, 0.1) is 6.61 Å². The fourth-order valence-electron chi connectivity index (χ4n) is 2.46. The topological polar surface area (TPSA) is 30.9 Å². The molecule has 0 radical (unpaired) electrons. The van der Waals surface area contributed by atoms with Crippen LogP contribution >= 0.6 is 0 Å². The van der Waals surface area contributed by atoms with Crippen LogP contribution in [-0.4, -0.2) is 16.4 Å². The molecule has 0 saturated heterocycles. The van der Waals surface area contributed by atoms with Crippen LogP contribution in [0.1, 0.15) is 32.6 Å². The van der Waals surface area contributed by atoms with Gasteiger partial charge in [0.15, 0.2) is 0 Å². The van der Waals surface area contributed by atoms with Crippen molar-refractivity contribution in [3.63, 3.8) is 0 Å². The molecule has 0 saturated carbocycles. The lowest BCUT2D eigenvalue weighted by molar-refractivity contribution is -0.755. The van der Waals surface area contributed by atoms with E-state index < -0.39 is 0 Å². The number of rotatable bonds is 1. The minimum Gasteiger partial charge on any atom is -0.367 e. The molecule has 0 aliphatic carbocycles. The number of hydrogen-bond donors (Lipinski definition) is 0. The van der Waals surface area contributed by atoms with Crippen LogP contribution in [0.2, 0.25) is 0 Å². The van der Waals surface area contributed by atoms with E-state index in [0.29, 0.717) is 12.6 Å². The summed E-state index contributed by atoms with van der Waals surface area (Å²) in [5.74, 6) is 0.995. The van der Waals surface area contributed by atoms with Crippen molar-refractivity contribution < 1.29 is 9.30 Å². The Kier molecular flexibility index (Phi) is 2.90.